The van der Waals surface area contributed by atoms with Crippen LogP contribution in [-0.2, 0) is 12.8 Å². The third-order valence-electron chi connectivity index (χ3n) is 9.85. The lowest BCUT2D eigenvalue weighted by molar-refractivity contribution is -0.274. The third-order valence-corrected chi connectivity index (χ3v) is 9.85. The number of hydrogen-bond acceptors (Lipinski definition) is 5. The number of benzene rings is 5. The van der Waals surface area contributed by atoms with Gasteiger partial charge in [-0.05, 0) is 121 Å². The zero-order valence-corrected chi connectivity index (χ0v) is 29.4. The summed E-state index contributed by atoms with van der Waals surface area (Å²) in [6.07, 6.45) is -4.73. The molecule has 7 rings (SSSR count). The van der Waals surface area contributed by atoms with Gasteiger partial charge in [-0.25, -0.2) is 0 Å². The second kappa shape index (κ2) is 14.3. The highest BCUT2D eigenvalue weighted by atomic mass is 19.4. The number of nitrogens with zero attached hydrogens (tertiary/aromatic N) is 6. The predicted molar refractivity (Wildman–Crippen MR) is 201 cm³/mol. The molecule has 2 aliphatic carbocycles. The van der Waals surface area contributed by atoms with Crippen molar-refractivity contribution < 1.29 is 17.9 Å². The number of hydrogen-bond donors (Lipinski definition) is 0. The number of alkyl halides is 3. The Balaban J connectivity index is 1.78. The van der Waals surface area contributed by atoms with Crippen LogP contribution in [0.4, 0.5) is 13.2 Å². The minimum absolute atomic E-state index is 0.0620. The first kappa shape index (κ1) is 36.2. The van der Waals surface area contributed by atoms with Crippen molar-refractivity contribution in [2.75, 3.05) is 0 Å². The van der Waals surface area contributed by atoms with E-state index in [-0.39, 0.29) is 24.2 Å². The summed E-state index contributed by atoms with van der Waals surface area (Å²) in [5.74, 6) is -0.571. The minimum Gasteiger partial charge on any atom is -0.406 e. The van der Waals surface area contributed by atoms with E-state index in [0.717, 1.165) is 21.9 Å². The van der Waals surface area contributed by atoms with Crippen LogP contribution >= 0.6 is 0 Å². The average Bonchev–Trinajstić information content (AvgIpc) is 3.78. The Morgan fingerprint density at radius 2 is 1.02 bits per heavy atom. The Morgan fingerprint density at radius 3 is 1.43 bits per heavy atom. The maximum absolute atomic E-state index is 13.2. The molecule has 0 radical (unpaired) electrons. The summed E-state index contributed by atoms with van der Waals surface area (Å²) in [5, 5.41) is 41.3. The summed E-state index contributed by atoms with van der Waals surface area (Å²) in [5.41, 5.74) is 8.86. The second-order valence-electron chi connectivity index (χ2n) is 13.0. The lowest BCUT2D eigenvalue weighted by atomic mass is 9.85. The van der Waals surface area contributed by atoms with Crippen molar-refractivity contribution in [2.24, 2.45) is 0 Å². The van der Waals surface area contributed by atoms with Gasteiger partial charge in [-0.15, -0.1) is 13.2 Å². The minimum atomic E-state index is -4.93. The second-order valence-corrected chi connectivity index (χ2v) is 13.0. The van der Waals surface area contributed by atoms with Crippen molar-refractivity contribution in [3.8, 4) is 52.3 Å². The van der Waals surface area contributed by atoms with Gasteiger partial charge in [0.1, 0.15) is 36.6 Å². The van der Waals surface area contributed by atoms with Crippen LogP contribution in [0.2, 0.25) is 0 Å². The van der Waals surface area contributed by atoms with Crippen molar-refractivity contribution in [1.82, 2.24) is 0 Å². The summed E-state index contributed by atoms with van der Waals surface area (Å²) in [6.45, 7) is 18.0. The number of halogens is 3. The van der Waals surface area contributed by atoms with Gasteiger partial charge in [-0.3, -0.25) is 0 Å². The molecule has 10 heteroatoms. The lowest BCUT2D eigenvalue weighted by Gasteiger charge is -2.18. The Kier molecular flexibility index (Phi) is 9.28. The quantitative estimate of drug-likeness (QED) is 0.132. The highest BCUT2D eigenvalue weighted by Crippen LogP contribution is 2.43. The van der Waals surface area contributed by atoms with Gasteiger partial charge >= 0.3 is 12.2 Å². The van der Waals surface area contributed by atoms with Gasteiger partial charge in [0, 0.05) is 6.42 Å². The Morgan fingerprint density at radius 1 is 0.607 bits per heavy atom. The Labute approximate surface area is 319 Å². The van der Waals surface area contributed by atoms with Gasteiger partial charge in [-0.1, -0.05) is 66.2 Å². The first-order valence-electron chi connectivity index (χ1n) is 17.0. The molecule has 0 aliphatic heterocycles. The molecule has 0 unspecified atom stereocenters. The molecule has 0 bridgehead atoms. The standard InChI is InChI=1S/C46H23F3N6O/c1-26-4-10-29(11-5-26)42-38(45(54-2)55-3)21-37-41(31-14-8-28(23-51)9-15-31)43-36(40(44(37)42)30-12-6-27(22-50)7-13-30)20-35(33(24-52)25-53)39(43)32-16-18-34(19-17-32)56-46(47,48)49/h4-19H,20-21H2,1H3. The molecule has 56 heavy (non-hydrogen) atoms. The zero-order valence-electron chi connectivity index (χ0n) is 29.4. The van der Waals surface area contributed by atoms with Gasteiger partial charge in [0.2, 0.25) is 0 Å². The fourth-order valence-electron chi connectivity index (χ4n) is 7.56. The van der Waals surface area contributed by atoms with Crippen LogP contribution in [0.15, 0.2) is 120 Å². The van der Waals surface area contributed by atoms with Crippen LogP contribution in [0, 0.1) is 65.4 Å². The lowest BCUT2D eigenvalue weighted by Crippen LogP contribution is -2.25. The maximum Gasteiger partial charge on any atom is 0.573 e. The van der Waals surface area contributed by atoms with E-state index in [4.69, 9.17) is 13.1 Å². The summed E-state index contributed by atoms with van der Waals surface area (Å²) < 4.78 is 43.8. The van der Waals surface area contributed by atoms with E-state index in [1.165, 1.54) is 24.3 Å². The van der Waals surface area contributed by atoms with Crippen molar-refractivity contribution in [1.29, 1.82) is 21.0 Å². The largest absolute Gasteiger partial charge is 0.573 e. The molecule has 0 N–H and O–H groups in total. The molecular formula is C46H23F3N6O. The molecule has 5 aromatic carbocycles. The number of rotatable bonds is 5. The van der Waals surface area contributed by atoms with Gasteiger partial charge in [0.25, 0.3) is 0 Å². The molecule has 5 aromatic rings. The molecule has 2 aliphatic rings. The Bertz CT molecular complexity index is 2920. The van der Waals surface area contributed by atoms with Gasteiger partial charge in [0.15, 0.2) is 0 Å². The van der Waals surface area contributed by atoms with Gasteiger partial charge < -0.3 is 4.74 Å². The van der Waals surface area contributed by atoms with Gasteiger partial charge in [-0.2, -0.15) is 30.7 Å². The maximum atomic E-state index is 13.2. The van der Waals surface area contributed by atoms with E-state index in [9.17, 15) is 34.2 Å². The molecule has 0 amide bonds. The van der Waals surface area contributed by atoms with Crippen LogP contribution in [0.3, 0.4) is 0 Å². The summed E-state index contributed by atoms with van der Waals surface area (Å²) in [6, 6.07) is 35.1. The van der Waals surface area contributed by atoms with E-state index < -0.39 is 12.1 Å². The normalized spacial score (nSPS) is 12.6. The summed E-state index contributed by atoms with van der Waals surface area (Å²) in [4.78, 5) is 7.31. The fourth-order valence-corrected chi connectivity index (χ4v) is 7.56. The van der Waals surface area contributed by atoms with E-state index >= 15 is 0 Å². The molecule has 0 fully saturated rings. The SMILES string of the molecule is [C-]#[N+]C([N+]#[C-])=C1Cc2c(-c3ccc(C#N)cc3)c3c(c(-c4ccc(C#N)cc4)c2=C1c1ccc(C)cc1)CC(=C(C#N)C#N)C=3c1ccc(OC(F)(F)F)cc1. The van der Waals surface area contributed by atoms with Crippen molar-refractivity contribution >= 4 is 11.1 Å². The molecule has 0 spiro atoms. The zero-order chi connectivity index (χ0) is 39.7. The van der Waals surface area contributed by atoms with Crippen molar-refractivity contribution in [2.45, 2.75) is 26.1 Å². The van der Waals surface area contributed by atoms with Gasteiger partial charge in [0.05, 0.1) is 28.8 Å². The fraction of sp³-hybridized carbons (Fsp3) is 0.0870. The third kappa shape index (κ3) is 6.31. The van der Waals surface area contributed by atoms with Crippen LogP contribution in [0.1, 0.15) is 38.9 Å². The number of fused-ring (bicyclic) bond motifs is 2. The first-order chi connectivity index (χ1) is 27.0. The number of ether oxygens (including phenoxy) is 1. The summed E-state index contributed by atoms with van der Waals surface area (Å²) in [7, 11) is 0. The van der Waals surface area contributed by atoms with E-state index in [2.05, 4.69) is 26.6 Å². The van der Waals surface area contributed by atoms with Crippen LogP contribution < -0.4 is 15.2 Å². The topological polar surface area (TPSA) is 113 Å². The van der Waals surface area contributed by atoms with Crippen molar-refractivity contribution in [3.63, 3.8) is 0 Å². The molecule has 0 atom stereocenters. The molecule has 0 aromatic heterocycles. The monoisotopic (exact) mass is 732 g/mol. The van der Waals surface area contributed by atoms with E-state index in [0.29, 0.717) is 72.0 Å². The molecule has 7 nitrogen and oxygen atoms in total. The van der Waals surface area contributed by atoms with Crippen molar-refractivity contribution in [3.05, 3.63) is 192 Å². The first-order valence-corrected chi connectivity index (χ1v) is 17.0. The van der Waals surface area contributed by atoms with E-state index in [1.807, 2.05) is 43.3 Å². The van der Waals surface area contributed by atoms with Crippen LogP contribution in [-0.4, -0.2) is 6.36 Å². The summed E-state index contributed by atoms with van der Waals surface area (Å²) >= 11 is 0. The molecule has 0 saturated carbocycles. The molecular weight excluding hydrogens is 710 g/mol. The van der Waals surface area contributed by atoms with Crippen LogP contribution in [0.25, 0.3) is 43.1 Å². The smallest absolute Gasteiger partial charge is 0.406 e. The average molecular weight is 733 g/mol. The highest BCUT2D eigenvalue weighted by Gasteiger charge is 2.37. The molecule has 264 valence electrons. The number of allylic oxidation sites excluding steroid dienone is 3. The van der Waals surface area contributed by atoms with E-state index in [1.54, 1.807) is 48.5 Å². The molecule has 0 saturated heterocycles. The number of nitriles is 4. The Hall–Kier alpha value is -8.15. The number of aryl methyl sites for hydroxylation is 1. The predicted octanol–water partition coefficient (Wildman–Crippen LogP) is 8.88. The highest BCUT2D eigenvalue weighted by molar-refractivity contribution is 5.98. The molecule has 0 heterocycles. The van der Waals surface area contributed by atoms with Crippen LogP contribution in [0.5, 0.6) is 5.75 Å².